The standard InChI is InChI=1S/C76H130NO8P/c1-6-8-10-12-14-16-18-20-22-24-26-28-30-32-34-36-37-38-39-41-43-45-47-49-51-53-55-57-59-61-63-65-67-69-76(79)85-74(73-84-86(80,81)83-71-70-77(3,4)5)72-82-75(78)68-66-64-62-60-58-56-54-52-50-48-46-44-42-40-35-33-31-29-27-25-23-21-19-17-15-13-11-9-7-2/h8,10,14,16,20,22,25-28,32,34,37-38,41,43,47,49,53,55,59,61,74H,6-7,9,11-13,15,17-19,21,23-24,29-31,33,35-36,39-40,42,44-46,48,50-52,54,56-58,60,62-73H2,1-5H3/p+1/b10-8-,16-14-,22-20-,27-25-,28-26-,34-32-,38-37-,43-41-,49-47-,55-53-,61-59-. The molecule has 2 unspecified atom stereocenters. The van der Waals surface area contributed by atoms with E-state index in [9.17, 15) is 19.0 Å². The molecule has 10 heteroatoms. The van der Waals surface area contributed by atoms with Gasteiger partial charge in [0.15, 0.2) is 6.10 Å². The van der Waals surface area contributed by atoms with E-state index in [1.807, 2.05) is 21.1 Å². The first-order valence-corrected chi connectivity index (χ1v) is 36.4. The summed E-state index contributed by atoms with van der Waals surface area (Å²) in [5.74, 6) is -0.849. The van der Waals surface area contributed by atoms with Gasteiger partial charge in [0.1, 0.15) is 19.8 Å². The monoisotopic (exact) mass is 1220 g/mol. The summed E-state index contributed by atoms with van der Waals surface area (Å²) >= 11 is 0. The summed E-state index contributed by atoms with van der Waals surface area (Å²) < 4.78 is 34.6. The third-order valence-electron chi connectivity index (χ3n) is 14.7. The Kier molecular flexibility index (Phi) is 62.7. The number of esters is 2. The van der Waals surface area contributed by atoms with Crippen LogP contribution in [0.1, 0.15) is 284 Å². The fourth-order valence-electron chi connectivity index (χ4n) is 9.33. The van der Waals surface area contributed by atoms with Crippen molar-refractivity contribution in [1.82, 2.24) is 0 Å². The molecule has 0 spiro atoms. The molecule has 0 aromatic carbocycles. The Labute approximate surface area is 530 Å². The second kappa shape index (κ2) is 65.6. The summed E-state index contributed by atoms with van der Waals surface area (Å²) in [7, 11) is 1.44. The maximum atomic E-state index is 12.9. The van der Waals surface area contributed by atoms with E-state index >= 15 is 0 Å². The number of unbranched alkanes of at least 4 members (excludes halogenated alkanes) is 27. The Hall–Kier alpha value is -3.85. The summed E-state index contributed by atoms with van der Waals surface area (Å²) in [4.78, 5) is 35.8. The number of hydrogen-bond acceptors (Lipinski definition) is 7. The highest BCUT2D eigenvalue weighted by Gasteiger charge is 2.27. The van der Waals surface area contributed by atoms with Crippen LogP contribution in [0.5, 0.6) is 0 Å². The molecule has 0 aliphatic carbocycles. The number of ether oxygens (including phenoxy) is 2. The van der Waals surface area contributed by atoms with E-state index in [2.05, 4.69) is 148 Å². The first-order chi connectivity index (χ1) is 42.0. The van der Waals surface area contributed by atoms with Gasteiger partial charge >= 0.3 is 19.8 Å². The van der Waals surface area contributed by atoms with Crippen LogP contribution in [0, 0.1) is 0 Å². The fourth-order valence-corrected chi connectivity index (χ4v) is 10.1. The van der Waals surface area contributed by atoms with Gasteiger partial charge in [0, 0.05) is 12.8 Å². The smallest absolute Gasteiger partial charge is 0.462 e. The van der Waals surface area contributed by atoms with E-state index < -0.39 is 26.5 Å². The number of hydrogen-bond donors (Lipinski definition) is 1. The number of carbonyl (C=O) groups is 2. The van der Waals surface area contributed by atoms with Gasteiger partial charge in [-0.1, -0.05) is 289 Å². The Morgan fingerprint density at radius 1 is 0.372 bits per heavy atom. The lowest BCUT2D eigenvalue weighted by atomic mass is 10.0. The van der Waals surface area contributed by atoms with E-state index in [1.54, 1.807) is 0 Å². The quantitative estimate of drug-likeness (QED) is 0.0211. The van der Waals surface area contributed by atoms with Gasteiger partial charge in [-0.05, 0) is 116 Å². The van der Waals surface area contributed by atoms with Crippen molar-refractivity contribution < 1.29 is 42.1 Å². The van der Waals surface area contributed by atoms with Crippen LogP contribution in [0.4, 0.5) is 0 Å². The van der Waals surface area contributed by atoms with Crippen LogP contribution in [-0.4, -0.2) is 74.9 Å². The van der Waals surface area contributed by atoms with Crippen LogP contribution < -0.4 is 0 Å². The Bertz CT molecular complexity index is 1910. The Morgan fingerprint density at radius 2 is 0.663 bits per heavy atom. The molecule has 1 N–H and O–H groups in total. The van der Waals surface area contributed by atoms with Gasteiger partial charge in [-0.3, -0.25) is 18.6 Å². The minimum Gasteiger partial charge on any atom is -0.462 e. The molecule has 0 aromatic rings. The molecule has 492 valence electrons. The van der Waals surface area contributed by atoms with E-state index in [4.69, 9.17) is 18.5 Å². The minimum atomic E-state index is -4.41. The number of quaternary nitrogens is 1. The number of phosphoric acid groups is 1. The van der Waals surface area contributed by atoms with Crippen LogP contribution >= 0.6 is 7.82 Å². The van der Waals surface area contributed by atoms with Crippen molar-refractivity contribution in [2.24, 2.45) is 0 Å². The molecular formula is C76H131NO8P+. The van der Waals surface area contributed by atoms with Gasteiger partial charge in [-0.25, -0.2) is 4.57 Å². The SMILES string of the molecule is CC/C=C\C/C=C\C/C=C\C/C=C\C/C=C\C/C=C\C/C=C\C/C=C\C/C=C\C/C=C\CCCCC(=O)OC(COC(=O)CCCCCCCCCCCCCCCCCCC/C=C\CCCCCCCCCC)COP(=O)(O)OCC[N+](C)(C)C. The van der Waals surface area contributed by atoms with E-state index in [-0.39, 0.29) is 32.0 Å². The van der Waals surface area contributed by atoms with E-state index in [1.165, 1.54) is 154 Å². The second-order valence-corrected chi connectivity index (χ2v) is 25.6. The van der Waals surface area contributed by atoms with Crippen molar-refractivity contribution in [1.29, 1.82) is 0 Å². The average Bonchev–Trinajstić information content (AvgIpc) is 3.70. The third-order valence-corrected chi connectivity index (χ3v) is 15.6. The highest BCUT2D eigenvalue weighted by atomic mass is 31.2. The predicted molar refractivity (Wildman–Crippen MR) is 371 cm³/mol. The third kappa shape index (κ3) is 69.3. The molecule has 0 saturated carbocycles. The Balaban J connectivity index is 4.18. The van der Waals surface area contributed by atoms with E-state index in [0.717, 1.165) is 96.3 Å². The maximum absolute atomic E-state index is 12.9. The molecule has 0 fully saturated rings. The molecule has 0 radical (unpaired) electrons. The summed E-state index contributed by atoms with van der Waals surface area (Å²) in [6, 6.07) is 0. The van der Waals surface area contributed by atoms with Gasteiger partial charge < -0.3 is 18.9 Å². The van der Waals surface area contributed by atoms with E-state index in [0.29, 0.717) is 17.4 Å². The molecule has 9 nitrogen and oxygen atoms in total. The van der Waals surface area contributed by atoms with Gasteiger partial charge in [0.25, 0.3) is 0 Å². The molecule has 0 aliphatic heterocycles. The summed E-state index contributed by atoms with van der Waals surface area (Å²) in [6.07, 6.45) is 95.6. The molecule has 0 heterocycles. The number of phosphoric ester groups is 1. The summed E-state index contributed by atoms with van der Waals surface area (Å²) in [5.41, 5.74) is 0. The first kappa shape index (κ1) is 82.1. The molecule has 0 aromatic heterocycles. The Morgan fingerprint density at radius 3 is 1.02 bits per heavy atom. The molecule has 0 rings (SSSR count). The fraction of sp³-hybridized carbons (Fsp3) is 0.684. The van der Waals surface area contributed by atoms with Crippen molar-refractivity contribution in [3.05, 3.63) is 134 Å². The van der Waals surface area contributed by atoms with Gasteiger partial charge in [0.05, 0.1) is 27.7 Å². The summed E-state index contributed by atoms with van der Waals surface area (Å²) in [5, 5.41) is 0. The topological polar surface area (TPSA) is 108 Å². The van der Waals surface area contributed by atoms with Crippen molar-refractivity contribution in [3.8, 4) is 0 Å². The van der Waals surface area contributed by atoms with Crippen molar-refractivity contribution in [2.45, 2.75) is 290 Å². The zero-order chi connectivity index (χ0) is 62.6. The number of rotatable bonds is 63. The second-order valence-electron chi connectivity index (χ2n) is 24.2. The lowest BCUT2D eigenvalue weighted by molar-refractivity contribution is -0.870. The first-order valence-electron chi connectivity index (χ1n) is 34.9. The number of likely N-dealkylation sites (N-methyl/N-ethyl adjacent to an activating group) is 1. The van der Waals surface area contributed by atoms with Gasteiger partial charge in [-0.15, -0.1) is 0 Å². The lowest BCUT2D eigenvalue weighted by Gasteiger charge is -2.24. The molecule has 0 bridgehead atoms. The highest BCUT2D eigenvalue weighted by molar-refractivity contribution is 7.47. The summed E-state index contributed by atoms with van der Waals surface area (Å²) in [6.45, 7) is 4.28. The molecule has 0 amide bonds. The van der Waals surface area contributed by atoms with Crippen LogP contribution in [0.25, 0.3) is 0 Å². The molecule has 0 aliphatic rings. The highest BCUT2D eigenvalue weighted by Crippen LogP contribution is 2.43. The maximum Gasteiger partial charge on any atom is 0.472 e. The normalized spacial score (nSPS) is 14.0. The predicted octanol–water partition coefficient (Wildman–Crippen LogP) is 22.8. The molecule has 2 atom stereocenters. The zero-order valence-corrected chi connectivity index (χ0v) is 56.9. The average molecular weight is 1220 g/mol. The van der Waals surface area contributed by atoms with Gasteiger partial charge in [-0.2, -0.15) is 0 Å². The molecule has 0 saturated heterocycles. The van der Waals surface area contributed by atoms with Crippen molar-refractivity contribution in [3.63, 3.8) is 0 Å². The van der Waals surface area contributed by atoms with Gasteiger partial charge in [0.2, 0.25) is 0 Å². The molecule has 86 heavy (non-hydrogen) atoms. The van der Waals surface area contributed by atoms with Crippen molar-refractivity contribution in [2.75, 3.05) is 47.5 Å². The number of carbonyl (C=O) groups excluding carboxylic acids is 2. The van der Waals surface area contributed by atoms with Crippen LogP contribution in [0.2, 0.25) is 0 Å². The zero-order valence-electron chi connectivity index (χ0n) is 56.0. The minimum absolute atomic E-state index is 0.0169. The largest absolute Gasteiger partial charge is 0.472 e. The van der Waals surface area contributed by atoms with Crippen molar-refractivity contribution >= 4 is 19.8 Å². The van der Waals surface area contributed by atoms with Crippen LogP contribution in [0.15, 0.2) is 134 Å². The number of nitrogens with zero attached hydrogens (tertiary/aromatic N) is 1. The van der Waals surface area contributed by atoms with Crippen LogP contribution in [0.3, 0.4) is 0 Å². The number of allylic oxidation sites excluding steroid dienone is 22. The molecular weight excluding hydrogens is 1090 g/mol. The lowest BCUT2D eigenvalue weighted by Crippen LogP contribution is -2.37. The van der Waals surface area contributed by atoms with Crippen LogP contribution in [-0.2, 0) is 32.7 Å².